The van der Waals surface area contributed by atoms with E-state index in [9.17, 15) is 10.1 Å². The molecule has 0 bridgehead atoms. The molecule has 7 nitrogen and oxygen atoms in total. The van der Waals surface area contributed by atoms with Gasteiger partial charge in [0, 0.05) is 12.6 Å². The van der Waals surface area contributed by atoms with Crippen LogP contribution in [0.2, 0.25) is 0 Å². The molecular weight excluding hydrogens is 272 g/mol. The van der Waals surface area contributed by atoms with Gasteiger partial charge in [0.25, 0.3) is 0 Å². The topological polar surface area (TPSA) is 83.1 Å². The quantitative estimate of drug-likeness (QED) is 0.603. The predicted molar refractivity (Wildman–Crippen MR) is 78.1 cm³/mol. The third-order valence-electron chi connectivity index (χ3n) is 2.90. The van der Waals surface area contributed by atoms with Crippen molar-refractivity contribution in [3.05, 3.63) is 34.6 Å². The van der Waals surface area contributed by atoms with Crippen LogP contribution in [0.4, 0.5) is 5.69 Å². The molecule has 1 heterocycles. The molecule has 2 rings (SSSR count). The number of benzene rings is 1. The van der Waals surface area contributed by atoms with Crippen molar-refractivity contribution in [2.45, 2.75) is 27.3 Å². The van der Waals surface area contributed by atoms with Gasteiger partial charge in [0.1, 0.15) is 6.33 Å². The summed E-state index contributed by atoms with van der Waals surface area (Å²) in [5.41, 5.74) is 0.526. The number of nitro groups is 1. The minimum Gasteiger partial charge on any atom is -0.487 e. The SMILES string of the molecule is CCOc1c(-c2nncn2CC(C)C)cccc1[N+](=O)[O-]. The number of nitrogens with zero attached hydrogens (tertiary/aromatic N) is 4. The van der Waals surface area contributed by atoms with Crippen molar-refractivity contribution in [1.29, 1.82) is 0 Å². The molecule has 21 heavy (non-hydrogen) atoms. The first kappa shape index (κ1) is 15.0. The number of nitro benzene ring substituents is 1. The molecule has 0 fully saturated rings. The normalized spacial score (nSPS) is 10.9. The number of aromatic nitrogens is 3. The van der Waals surface area contributed by atoms with Crippen LogP contribution >= 0.6 is 0 Å². The molecule has 1 aromatic heterocycles. The van der Waals surface area contributed by atoms with E-state index in [1.54, 1.807) is 25.4 Å². The van der Waals surface area contributed by atoms with Gasteiger partial charge in [0.15, 0.2) is 5.82 Å². The molecule has 0 atom stereocenters. The maximum atomic E-state index is 11.2. The largest absolute Gasteiger partial charge is 0.487 e. The average molecular weight is 290 g/mol. The number of para-hydroxylation sites is 1. The highest BCUT2D eigenvalue weighted by Crippen LogP contribution is 2.37. The van der Waals surface area contributed by atoms with Crippen LogP contribution in [-0.4, -0.2) is 26.3 Å². The summed E-state index contributed by atoms with van der Waals surface area (Å²) in [4.78, 5) is 10.7. The van der Waals surface area contributed by atoms with E-state index in [4.69, 9.17) is 4.74 Å². The van der Waals surface area contributed by atoms with E-state index >= 15 is 0 Å². The lowest BCUT2D eigenvalue weighted by atomic mass is 10.1. The Morgan fingerprint density at radius 1 is 1.43 bits per heavy atom. The van der Waals surface area contributed by atoms with E-state index in [-0.39, 0.29) is 11.4 Å². The van der Waals surface area contributed by atoms with E-state index in [0.717, 1.165) is 6.54 Å². The Morgan fingerprint density at radius 2 is 2.19 bits per heavy atom. The van der Waals surface area contributed by atoms with Gasteiger partial charge in [0.2, 0.25) is 5.75 Å². The summed E-state index contributed by atoms with van der Waals surface area (Å²) in [6.45, 7) is 7.04. The summed E-state index contributed by atoms with van der Waals surface area (Å²) in [6, 6.07) is 4.82. The van der Waals surface area contributed by atoms with Crippen molar-refractivity contribution in [1.82, 2.24) is 14.8 Å². The molecule has 0 saturated heterocycles. The zero-order chi connectivity index (χ0) is 15.4. The third-order valence-corrected chi connectivity index (χ3v) is 2.90. The summed E-state index contributed by atoms with van der Waals surface area (Å²) >= 11 is 0. The second-order valence-corrected chi connectivity index (χ2v) is 5.04. The molecular formula is C14H18N4O3. The van der Waals surface area contributed by atoms with Crippen LogP contribution in [0.25, 0.3) is 11.4 Å². The Hall–Kier alpha value is -2.44. The molecule has 0 aliphatic carbocycles. The molecule has 7 heteroatoms. The minimum absolute atomic E-state index is 0.0616. The monoisotopic (exact) mass is 290 g/mol. The highest BCUT2D eigenvalue weighted by atomic mass is 16.6. The van der Waals surface area contributed by atoms with E-state index in [1.165, 1.54) is 6.07 Å². The summed E-state index contributed by atoms with van der Waals surface area (Å²) in [7, 11) is 0. The fourth-order valence-corrected chi connectivity index (χ4v) is 2.13. The van der Waals surface area contributed by atoms with E-state index in [2.05, 4.69) is 24.0 Å². The van der Waals surface area contributed by atoms with Crippen LogP contribution < -0.4 is 4.74 Å². The number of hydrogen-bond acceptors (Lipinski definition) is 5. The van der Waals surface area contributed by atoms with E-state index in [1.807, 2.05) is 4.57 Å². The van der Waals surface area contributed by atoms with Crippen LogP contribution in [0.15, 0.2) is 24.5 Å². The van der Waals surface area contributed by atoms with Gasteiger partial charge in [-0.3, -0.25) is 10.1 Å². The van der Waals surface area contributed by atoms with Gasteiger partial charge in [-0.1, -0.05) is 19.9 Å². The van der Waals surface area contributed by atoms with Crippen molar-refractivity contribution in [2.24, 2.45) is 5.92 Å². The van der Waals surface area contributed by atoms with Gasteiger partial charge >= 0.3 is 5.69 Å². The molecule has 0 amide bonds. The van der Waals surface area contributed by atoms with Gasteiger partial charge in [-0.15, -0.1) is 10.2 Å². The van der Waals surface area contributed by atoms with Crippen molar-refractivity contribution in [3.8, 4) is 17.1 Å². The Morgan fingerprint density at radius 3 is 2.81 bits per heavy atom. The number of rotatable bonds is 6. The summed E-state index contributed by atoms with van der Waals surface area (Å²) in [5.74, 6) is 1.23. The molecule has 0 spiro atoms. The van der Waals surface area contributed by atoms with Gasteiger partial charge in [-0.05, 0) is 18.9 Å². The van der Waals surface area contributed by atoms with Gasteiger partial charge in [0.05, 0.1) is 17.1 Å². The first-order chi connectivity index (χ1) is 10.0. The van der Waals surface area contributed by atoms with Crippen LogP contribution in [-0.2, 0) is 6.54 Å². The summed E-state index contributed by atoms with van der Waals surface area (Å²) < 4.78 is 7.37. The molecule has 0 unspecified atom stereocenters. The maximum absolute atomic E-state index is 11.2. The molecule has 2 aromatic rings. The number of ether oxygens (including phenoxy) is 1. The van der Waals surface area contributed by atoms with Crippen molar-refractivity contribution >= 4 is 5.69 Å². The van der Waals surface area contributed by atoms with Gasteiger partial charge in [-0.2, -0.15) is 0 Å². The van der Waals surface area contributed by atoms with Gasteiger partial charge in [-0.25, -0.2) is 0 Å². The lowest BCUT2D eigenvalue weighted by Crippen LogP contribution is -2.07. The Labute approximate surface area is 122 Å². The molecule has 0 aliphatic rings. The summed E-state index contributed by atoms with van der Waals surface area (Å²) in [5, 5.41) is 19.2. The second-order valence-electron chi connectivity index (χ2n) is 5.04. The molecule has 0 aliphatic heterocycles. The Kier molecular flexibility index (Phi) is 4.52. The number of hydrogen-bond donors (Lipinski definition) is 0. The maximum Gasteiger partial charge on any atom is 0.311 e. The molecule has 1 aromatic carbocycles. The molecule has 0 radical (unpaired) electrons. The Bertz CT molecular complexity index is 637. The Balaban J connectivity index is 2.56. The van der Waals surface area contributed by atoms with Crippen molar-refractivity contribution in [3.63, 3.8) is 0 Å². The van der Waals surface area contributed by atoms with E-state index < -0.39 is 4.92 Å². The predicted octanol–water partition coefficient (Wildman–Crippen LogP) is 2.91. The first-order valence-electron chi connectivity index (χ1n) is 6.83. The van der Waals surface area contributed by atoms with Crippen LogP contribution in [0.1, 0.15) is 20.8 Å². The highest BCUT2D eigenvalue weighted by Gasteiger charge is 2.22. The van der Waals surface area contributed by atoms with Crippen LogP contribution in [0.3, 0.4) is 0 Å². The fourth-order valence-electron chi connectivity index (χ4n) is 2.13. The third kappa shape index (κ3) is 3.18. The molecule has 112 valence electrons. The van der Waals surface area contributed by atoms with E-state index in [0.29, 0.717) is 23.9 Å². The van der Waals surface area contributed by atoms with Crippen molar-refractivity contribution in [2.75, 3.05) is 6.61 Å². The molecule has 0 saturated carbocycles. The zero-order valence-corrected chi connectivity index (χ0v) is 12.3. The van der Waals surface area contributed by atoms with Crippen LogP contribution in [0.5, 0.6) is 5.75 Å². The summed E-state index contributed by atoms with van der Waals surface area (Å²) in [6.07, 6.45) is 1.63. The second kappa shape index (κ2) is 6.34. The standard InChI is InChI=1S/C14H18N4O3/c1-4-21-13-11(6-5-7-12(13)18(19)20)14-16-15-9-17(14)8-10(2)3/h5-7,9-10H,4,8H2,1-3H3. The minimum atomic E-state index is -0.447. The highest BCUT2D eigenvalue weighted by molar-refractivity contribution is 5.71. The average Bonchev–Trinajstić information content (AvgIpc) is 2.86. The molecule has 0 N–H and O–H groups in total. The lowest BCUT2D eigenvalue weighted by Gasteiger charge is -2.12. The fraction of sp³-hybridized carbons (Fsp3) is 0.429. The lowest BCUT2D eigenvalue weighted by molar-refractivity contribution is -0.385. The first-order valence-corrected chi connectivity index (χ1v) is 6.83. The van der Waals surface area contributed by atoms with Crippen molar-refractivity contribution < 1.29 is 9.66 Å². The van der Waals surface area contributed by atoms with Gasteiger partial charge < -0.3 is 9.30 Å². The van der Waals surface area contributed by atoms with Crippen LogP contribution in [0, 0.1) is 16.0 Å². The zero-order valence-electron chi connectivity index (χ0n) is 12.3. The smallest absolute Gasteiger partial charge is 0.311 e.